The molecule has 0 atom stereocenters. The number of carbonyl (C=O) groups is 1. The van der Waals surface area contributed by atoms with Crippen molar-refractivity contribution in [2.24, 2.45) is 0 Å². The van der Waals surface area contributed by atoms with Gasteiger partial charge in [-0.25, -0.2) is 8.42 Å². The summed E-state index contributed by atoms with van der Waals surface area (Å²) >= 11 is 3.27. The van der Waals surface area contributed by atoms with Crippen LogP contribution in [0.3, 0.4) is 0 Å². The van der Waals surface area contributed by atoms with E-state index in [9.17, 15) is 13.2 Å². The molecule has 0 heterocycles. The first-order chi connectivity index (χ1) is 9.22. The number of benzene rings is 1. The van der Waals surface area contributed by atoms with Gasteiger partial charge in [0.05, 0.1) is 17.2 Å². The second-order valence-corrected chi connectivity index (χ2v) is 7.82. The Kier molecular flexibility index (Phi) is 6.16. The lowest BCUT2D eigenvalue weighted by Crippen LogP contribution is -2.36. The summed E-state index contributed by atoms with van der Waals surface area (Å²) in [5.41, 5.74) is 0. The Morgan fingerprint density at radius 3 is 2.20 bits per heavy atom. The third-order valence-corrected chi connectivity index (χ3v) is 5.06. The minimum absolute atomic E-state index is 0.00809. The summed E-state index contributed by atoms with van der Waals surface area (Å²) in [6.07, 6.45) is 0. The molecule has 0 bridgehead atoms. The molecule has 0 spiro atoms. The summed E-state index contributed by atoms with van der Waals surface area (Å²) in [5.74, 6) is -0.0557. The molecule has 7 heteroatoms. The molecule has 0 radical (unpaired) electrons. The summed E-state index contributed by atoms with van der Waals surface area (Å²) in [6.45, 7) is 0.529. The van der Waals surface area contributed by atoms with Crippen LogP contribution in [0.25, 0.3) is 0 Å². The Morgan fingerprint density at radius 2 is 1.70 bits per heavy atom. The molecule has 0 saturated heterocycles. The van der Waals surface area contributed by atoms with Crippen LogP contribution in [0.15, 0.2) is 33.6 Å². The molecule has 1 aromatic carbocycles. The molecular formula is C13H19BrN2O3S. The average Bonchev–Trinajstić information content (AvgIpc) is 2.37. The molecule has 0 aliphatic heterocycles. The molecule has 0 unspecified atom stereocenters. The van der Waals surface area contributed by atoms with Crippen molar-refractivity contribution in [3.63, 3.8) is 0 Å². The summed E-state index contributed by atoms with van der Waals surface area (Å²) in [6, 6.07) is 6.55. The van der Waals surface area contributed by atoms with Gasteiger partial charge < -0.3 is 4.90 Å². The van der Waals surface area contributed by atoms with Crippen LogP contribution < -0.4 is 0 Å². The lowest BCUT2D eigenvalue weighted by atomic mass is 10.4. The van der Waals surface area contributed by atoms with E-state index in [4.69, 9.17) is 0 Å². The molecule has 1 aromatic rings. The van der Waals surface area contributed by atoms with Crippen LogP contribution in [0.1, 0.15) is 0 Å². The zero-order chi connectivity index (χ0) is 15.3. The first-order valence-electron chi connectivity index (χ1n) is 6.09. The van der Waals surface area contributed by atoms with Crippen molar-refractivity contribution in [3.8, 4) is 0 Å². The van der Waals surface area contributed by atoms with Gasteiger partial charge in [0.2, 0.25) is 5.91 Å². The summed E-state index contributed by atoms with van der Waals surface area (Å²) < 4.78 is 25.1. The van der Waals surface area contributed by atoms with Crippen molar-refractivity contribution in [1.82, 2.24) is 9.80 Å². The number of sulfone groups is 1. The first kappa shape index (κ1) is 17.1. The van der Waals surface area contributed by atoms with Crippen molar-refractivity contribution in [2.45, 2.75) is 4.90 Å². The van der Waals surface area contributed by atoms with Gasteiger partial charge in [0.1, 0.15) is 0 Å². The molecule has 20 heavy (non-hydrogen) atoms. The zero-order valence-corrected chi connectivity index (χ0v) is 14.2. The van der Waals surface area contributed by atoms with Gasteiger partial charge in [-0.05, 0) is 31.3 Å². The number of hydrogen-bond acceptors (Lipinski definition) is 4. The van der Waals surface area contributed by atoms with Crippen molar-refractivity contribution in [2.75, 3.05) is 40.0 Å². The van der Waals surface area contributed by atoms with E-state index in [0.717, 1.165) is 4.47 Å². The summed E-state index contributed by atoms with van der Waals surface area (Å²) in [4.78, 5) is 15.0. The molecular weight excluding hydrogens is 344 g/mol. The highest BCUT2D eigenvalue weighted by molar-refractivity contribution is 9.10. The Hall–Kier alpha value is -0.920. The normalized spacial score (nSPS) is 11.7. The van der Waals surface area contributed by atoms with E-state index < -0.39 is 9.84 Å². The van der Waals surface area contributed by atoms with Gasteiger partial charge >= 0.3 is 0 Å². The SMILES string of the molecule is CN(CCS(=O)(=O)c1ccc(Br)cc1)CC(=O)N(C)C. The fourth-order valence-corrected chi connectivity index (χ4v) is 3.09. The van der Waals surface area contributed by atoms with Gasteiger partial charge in [-0.3, -0.25) is 9.69 Å². The fraction of sp³-hybridized carbons (Fsp3) is 0.462. The van der Waals surface area contributed by atoms with Gasteiger partial charge in [-0.15, -0.1) is 0 Å². The van der Waals surface area contributed by atoms with E-state index >= 15 is 0 Å². The zero-order valence-electron chi connectivity index (χ0n) is 11.8. The quantitative estimate of drug-likeness (QED) is 0.763. The number of amides is 1. The van der Waals surface area contributed by atoms with Gasteiger partial charge in [0.25, 0.3) is 0 Å². The van der Waals surface area contributed by atoms with Gasteiger partial charge in [-0.2, -0.15) is 0 Å². The lowest BCUT2D eigenvalue weighted by Gasteiger charge is -2.18. The van der Waals surface area contributed by atoms with Gasteiger partial charge in [-0.1, -0.05) is 15.9 Å². The molecule has 1 rings (SSSR count). The van der Waals surface area contributed by atoms with Crippen LogP contribution in [0.4, 0.5) is 0 Å². The van der Waals surface area contributed by atoms with E-state index in [1.54, 1.807) is 50.3 Å². The lowest BCUT2D eigenvalue weighted by molar-refractivity contribution is -0.129. The number of nitrogens with zero attached hydrogens (tertiary/aromatic N) is 2. The third-order valence-electron chi connectivity index (χ3n) is 2.82. The second kappa shape index (κ2) is 7.19. The maximum absolute atomic E-state index is 12.1. The minimum Gasteiger partial charge on any atom is -0.348 e. The van der Waals surface area contributed by atoms with Gasteiger partial charge in [0, 0.05) is 25.1 Å². The fourth-order valence-electron chi connectivity index (χ4n) is 1.49. The molecule has 0 fully saturated rings. The third kappa shape index (κ3) is 5.22. The highest BCUT2D eigenvalue weighted by Crippen LogP contribution is 2.15. The number of likely N-dealkylation sites (N-methyl/N-ethyl adjacent to an activating group) is 2. The monoisotopic (exact) mass is 362 g/mol. The van der Waals surface area contributed by atoms with Crippen LogP contribution >= 0.6 is 15.9 Å². The number of carbonyl (C=O) groups excluding carboxylic acids is 1. The molecule has 0 aromatic heterocycles. The van der Waals surface area contributed by atoms with Crippen LogP contribution in [0.2, 0.25) is 0 Å². The molecule has 0 saturated carbocycles. The molecule has 0 aliphatic rings. The van der Waals surface area contributed by atoms with Crippen molar-refractivity contribution in [1.29, 1.82) is 0 Å². The highest BCUT2D eigenvalue weighted by atomic mass is 79.9. The van der Waals surface area contributed by atoms with E-state index in [0.29, 0.717) is 11.4 Å². The number of hydrogen-bond donors (Lipinski definition) is 0. The van der Waals surface area contributed by atoms with Crippen LogP contribution in [-0.4, -0.2) is 64.1 Å². The van der Waals surface area contributed by atoms with Crippen molar-refractivity contribution in [3.05, 3.63) is 28.7 Å². The van der Waals surface area contributed by atoms with E-state index in [1.165, 1.54) is 4.90 Å². The molecule has 0 N–H and O–H groups in total. The molecule has 112 valence electrons. The summed E-state index contributed by atoms with van der Waals surface area (Å²) in [5, 5.41) is 0. The average molecular weight is 363 g/mol. The van der Waals surface area contributed by atoms with E-state index in [2.05, 4.69) is 15.9 Å². The second-order valence-electron chi connectivity index (χ2n) is 4.80. The Bertz CT molecular complexity index is 555. The summed E-state index contributed by atoms with van der Waals surface area (Å²) in [7, 11) is 1.77. The van der Waals surface area contributed by atoms with E-state index in [1.807, 2.05) is 0 Å². The minimum atomic E-state index is -3.32. The van der Waals surface area contributed by atoms with Gasteiger partial charge in [0.15, 0.2) is 9.84 Å². The Morgan fingerprint density at radius 1 is 1.15 bits per heavy atom. The first-order valence-corrected chi connectivity index (χ1v) is 8.54. The molecule has 5 nitrogen and oxygen atoms in total. The smallest absolute Gasteiger partial charge is 0.236 e. The van der Waals surface area contributed by atoms with E-state index in [-0.39, 0.29) is 18.2 Å². The largest absolute Gasteiger partial charge is 0.348 e. The Labute approximate surface area is 128 Å². The predicted octanol–water partition coefficient (Wildman–Crippen LogP) is 1.24. The maximum atomic E-state index is 12.1. The van der Waals surface area contributed by atoms with Crippen LogP contribution in [0, 0.1) is 0 Å². The van der Waals surface area contributed by atoms with Crippen molar-refractivity contribution < 1.29 is 13.2 Å². The standard InChI is InChI=1S/C13H19BrN2O3S/c1-15(2)13(17)10-16(3)8-9-20(18,19)12-6-4-11(14)5-7-12/h4-7H,8-10H2,1-3H3. The number of rotatable bonds is 6. The maximum Gasteiger partial charge on any atom is 0.236 e. The van der Waals surface area contributed by atoms with Crippen molar-refractivity contribution >= 4 is 31.7 Å². The molecule has 0 aliphatic carbocycles. The number of halogens is 1. The topological polar surface area (TPSA) is 57.7 Å². The predicted molar refractivity (Wildman–Crippen MR) is 82.4 cm³/mol. The van der Waals surface area contributed by atoms with Crippen LogP contribution in [-0.2, 0) is 14.6 Å². The highest BCUT2D eigenvalue weighted by Gasteiger charge is 2.16. The Balaban J connectivity index is 2.60. The van der Waals surface area contributed by atoms with Crippen LogP contribution in [0.5, 0.6) is 0 Å². The molecule has 1 amide bonds.